The molecule has 1 aromatic heterocycles. The van der Waals surface area contributed by atoms with E-state index in [1.807, 2.05) is 49.6 Å². The monoisotopic (exact) mass is 386 g/mol. The Kier molecular flexibility index (Phi) is 5.85. The molecule has 0 unspecified atom stereocenters. The van der Waals surface area contributed by atoms with Crippen molar-refractivity contribution >= 4 is 52.0 Å². The van der Waals surface area contributed by atoms with E-state index in [2.05, 4.69) is 20.8 Å². The number of hydrogen-bond donors (Lipinski definition) is 2. The molecule has 0 radical (unpaired) electrons. The fraction of sp³-hybridized carbons (Fsp3) is 0.222. The minimum Gasteiger partial charge on any atom is -0.326 e. The number of benzene rings is 1. The third-order valence-electron chi connectivity index (χ3n) is 3.90. The lowest BCUT2D eigenvalue weighted by atomic mass is 10.1. The highest BCUT2D eigenvalue weighted by Crippen LogP contribution is 2.24. The van der Waals surface area contributed by atoms with E-state index >= 15 is 0 Å². The standard InChI is InChI=1S/C18H18N4O2S2/c1-11-5-3-7-14(12(11)2)20-16(23)9-15-17(24)21-18(26-15)22-19-10-13-6-4-8-25-13/h3-8,10,15H,9H2,1-2H3,(H,20,23)(H,21,22,24)/t15-/m0/s1. The zero-order valence-corrected chi connectivity index (χ0v) is 16.0. The summed E-state index contributed by atoms with van der Waals surface area (Å²) in [7, 11) is 0. The molecule has 134 valence electrons. The maximum Gasteiger partial charge on any atom is 0.240 e. The van der Waals surface area contributed by atoms with Gasteiger partial charge in [0.15, 0.2) is 5.17 Å². The van der Waals surface area contributed by atoms with Crippen molar-refractivity contribution in [3.05, 3.63) is 51.7 Å². The molecule has 2 amide bonds. The van der Waals surface area contributed by atoms with Crippen LogP contribution in [0.4, 0.5) is 5.69 Å². The van der Waals surface area contributed by atoms with Gasteiger partial charge in [0.25, 0.3) is 0 Å². The van der Waals surface area contributed by atoms with Gasteiger partial charge in [0.1, 0.15) is 5.25 Å². The van der Waals surface area contributed by atoms with Crippen molar-refractivity contribution in [2.24, 2.45) is 10.2 Å². The molecule has 1 atom stereocenters. The van der Waals surface area contributed by atoms with Crippen LogP contribution in [0.1, 0.15) is 22.4 Å². The zero-order chi connectivity index (χ0) is 18.5. The first-order valence-corrected chi connectivity index (χ1v) is 9.77. The predicted octanol–water partition coefficient (Wildman–Crippen LogP) is 3.32. The molecule has 0 aliphatic carbocycles. The van der Waals surface area contributed by atoms with Gasteiger partial charge in [-0.05, 0) is 42.5 Å². The smallest absolute Gasteiger partial charge is 0.240 e. The lowest BCUT2D eigenvalue weighted by Crippen LogP contribution is -2.28. The number of hydrogen-bond acceptors (Lipinski definition) is 6. The van der Waals surface area contributed by atoms with Crippen molar-refractivity contribution in [1.82, 2.24) is 5.32 Å². The number of thioether (sulfide) groups is 1. The molecule has 1 aliphatic heterocycles. The van der Waals surface area contributed by atoms with Crippen molar-refractivity contribution in [2.75, 3.05) is 5.32 Å². The van der Waals surface area contributed by atoms with Gasteiger partial charge in [0.2, 0.25) is 11.8 Å². The molecule has 0 bridgehead atoms. The molecular weight excluding hydrogens is 368 g/mol. The van der Waals surface area contributed by atoms with Crippen LogP contribution in [0.25, 0.3) is 0 Å². The first-order chi connectivity index (χ1) is 12.5. The number of rotatable bonds is 5. The minimum atomic E-state index is -0.504. The molecule has 8 heteroatoms. The second-order valence-electron chi connectivity index (χ2n) is 5.76. The van der Waals surface area contributed by atoms with E-state index in [0.29, 0.717) is 5.17 Å². The normalized spacial score (nSPS) is 18.5. The van der Waals surface area contributed by atoms with Gasteiger partial charge in [-0.15, -0.1) is 16.4 Å². The summed E-state index contributed by atoms with van der Waals surface area (Å²) in [5.74, 6) is -0.425. The van der Waals surface area contributed by atoms with Gasteiger partial charge >= 0.3 is 0 Å². The number of carbonyl (C=O) groups is 2. The first-order valence-electron chi connectivity index (χ1n) is 8.01. The maximum atomic E-state index is 12.3. The highest BCUT2D eigenvalue weighted by Gasteiger charge is 2.32. The lowest BCUT2D eigenvalue weighted by molar-refractivity contribution is -0.122. The second-order valence-corrected chi connectivity index (χ2v) is 7.93. The molecule has 1 fully saturated rings. The molecule has 26 heavy (non-hydrogen) atoms. The zero-order valence-electron chi connectivity index (χ0n) is 14.4. The highest BCUT2D eigenvalue weighted by atomic mass is 32.2. The Morgan fingerprint density at radius 2 is 2.15 bits per heavy atom. The van der Waals surface area contributed by atoms with Crippen LogP contribution < -0.4 is 10.6 Å². The molecule has 1 saturated heterocycles. The number of amides is 2. The van der Waals surface area contributed by atoms with Gasteiger partial charge in [0.05, 0.1) is 6.21 Å². The Hall–Kier alpha value is -2.45. The van der Waals surface area contributed by atoms with Crippen LogP contribution in [-0.4, -0.2) is 28.4 Å². The van der Waals surface area contributed by atoms with Crippen molar-refractivity contribution in [2.45, 2.75) is 25.5 Å². The minimum absolute atomic E-state index is 0.0809. The van der Waals surface area contributed by atoms with E-state index in [1.54, 1.807) is 17.6 Å². The van der Waals surface area contributed by atoms with E-state index in [4.69, 9.17) is 0 Å². The van der Waals surface area contributed by atoms with E-state index in [-0.39, 0.29) is 18.2 Å². The van der Waals surface area contributed by atoms with Crippen molar-refractivity contribution in [3.8, 4) is 0 Å². The van der Waals surface area contributed by atoms with E-state index in [9.17, 15) is 9.59 Å². The topological polar surface area (TPSA) is 82.9 Å². The van der Waals surface area contributed by atoms with Crippen LogP contribution in [-0.2, 0) is 9.59 Å². The van der Waals surface area contributed by atoms with Gasteiger partial charge in [0, 0.05) is 17.0 Å². The third-order valence-corrected chi connectivity index (χ3v) is 5.78. The van der Waals surface area contributed by atoms with Crippen molar-refractivity contribution in [1.29, 1.82) is 0 Å². The quantitative estimate of drug-likeness (QED) is 0.611. The van der Waals surface area contributed by atoms with E-state index in [1.165, 1.54) is 11.8 Å². The molecule has 1 aromatic carbocycles. The molecule has 2 aromatic rings. The Bertz CT molecular complexity index is 875. The summed E-state index contributed by atoms with van der Waals surface area (Å²) in [6.45, 7) is 3.95. The van der Waals surface area contributed by atoms with Gasteiger partial charge in [-0.3, -0.25) is 9.59 Å². The predicted molar refractivity (Wildman–Crippen MR) is 108 cm³/mol. The maximum absolute atomic E-state index is 12.3. The van der Waals surface area contributed by atoms with Crippen LogP contribution in [0.2, 0.25) is 0 Å². The van der Waals surface area contributed by atoms with Crippen molar-refractivity contribution in [3.63, 3.8) is 0 Å². The van der Waals surface area contributed by atoms with Crippen LogP contribution in [0.3, 0.4) is 0 Å². The number of nitrogens with one attached hydrogen (secondary N) is 2. The van der Waals surface area contributed by atoms with E-state index < -0.39 is 5.25 Å². The van der Waals surface area contributed by atoms with Crippen LogP contribution in [0.15, 0.2) is 45.9 Å². The summed E-state index contributed by atoms with van der Waals surface area (Å²) in [5, 5.41) is 15.4. The molecular formula is C18H18N4O2S2. The molecule has 0 spiro atoms. The van der Waals surface area contributed by atoms with Gasteiger partial charge in [-0.2, -0.15) is 5.10 Å². The largest absolute Gasteiger partial charge is 0.326 e. The van der Waals surface area contributed by atoms with Crippen LogP contribution >= 0.6 is 23.1 Å². The first kappa shape index (κ1) is 18.3. The van der Waals surface area contributed by atoms with Gasteiger partial charge < -0.3 is 10.6 Å². The Balaban J connectivity index is 1.57. The summed E-state index contributed by atoms with van der Waals surface area (Å²) >= 11 is 2.77. The second kappa shape index (κ2) is 8.29. The van der Waals surface area contributed by atoms with E-state index in [0.717, 1.165) is 21.7 Å². The third kappa shape index (κ3) is 4.59. The van der Waals surface area contributed by atoms with Gasteiger partial charge in [-0.25, -0.2) is 0 Å². The fourth-order valence-corrected chi connectivity index (χ4v) is 3.85. The summed E-state index contributed by atoms with van der Waals surface area (Å²) < 4.78 is 0. The molecule has 1 aliphatic rings. The molecule has 3 rings (SSSR count). The Labute approximate surface area is 159 Å². The number of nitrogens with zero attached hydrogens (tertiary/aromatic N) is 2. The summed E-state index contributed by atoms with van der Waals surface area (Å²) in [4.78, 5) is 25.3. The highest BCUT2D eigenvalue weighted by molar-refractivity contribution is 8.15. The van der Waals surface area contributed by atoms with Crippen LogP contribution in [0, 0.1) is 13.8 Å². The number of amidine groups is 1. The lowest BCUT2D eigenvalue weighted by Gasteiger charge is -2.11. The summed E-state index contributed by atoms with van der Waals surface area (Å²) in [6, 6.07) is 9.59. The average molecular weight is 387 g/mol. The molecule has 2 N–H and O–H groups in total. The number of carbonyl (C=O) groups excluding carboxylic acids is 2. The van der Waals surface area contributed by atoms with Gasteiger partial charge in [-0.1, -0.05) is 30.0 Å². The number of aryl methyl sites for hydroxylation is 1. The Morgan fingerprint density at radius 1 is 1.31 bits per heavy atom. The van der Waals surface area contributed by atoms with Crippen LogP contribution in [0.5, 0.6) is 0 Å². The average Bonchev–Trinajstić information content (AvgIpc) is 3.22. The fourth-order valence-electron chi connectivity index (χ4n) is 2.35. The Morgan fingerprint density at radius 3 is 2.92 bits per heavy atom. The molecule has 0 saturated carbocycles. The summed E-state index contributed by atoms with van der Waals surface area (Å²) in [6.07, 6.45) is 1.71. The summed E-state index contributed by atoms with van der Waals surface area (Å²) in [5.41, 5.74) is 2.90. The molecule has 2 heterocycles. The molecule has 6 nitrogen and oxygen atoms in total. The van der Waals surface area contributed by atoms with Crippen molar-refractivity contribution < 1.29 is 9.59 Å². The number of anilines is 1. The number of thiophene rings is 1. The SMILES string of the molecule is Cc1cccc(NC(=O)C[C@@H]2S/C(=N/N=Cc3cccs3)NC2=O)c1C.